The van der Waals surface area contributed by atoms with Crippen LogP contribution in [-0.2, 0) is 6.54 Å². The maximum atomic E-state index is 12.9. The minimum Gasteiger partial charge on any atom is -0.325 e. The topological polar surface area (TPSA) is 38.9 Å². The van der Waals surface area contributed by atoms with E-state index in [1.54, 1.807) is 6.07 Å². The molecule has 1 aromatic carbocycles. The molecule has 0 aliphatic rings. The second kappa shape index (κ2) is 3.86. The number of benzene rings is 1. The monoisotopic (exact) mass is 208 g/mol. The van der Waals surface area contributed by atoms with Crippen LogP contribution >= 0.6 is 11.3 Å². The first-order valence-electron chi connectivity index (χ1n) is 4.20. The summed E-state index contributed by atoms with van der Waals surface area (Å²) in [6, 6.07) is 6.39. The van der Waals surface area contributed by atoms with Crippen LogP contribution in [0.2, 0.25) is 0 Å². The number of rotatable bonds is 2. The van der Waals surface area contributed by atoms with E-state index in [2.05, 4.69) is 4.98 Å². The molecule has 0 unspecified atom stereocenters. The molecule has 2 rings (SSSR count). The quantitative estimate of drug-likeness (QED) is 0.823. The maximum absolute atomic E-state index is 12.9. The first kappa shape index (κ1) is 9.30. The second-order valence-electron chi connectivity index (χ2n) is 2.84. The maximum Gasteiger partial charge on any atom is 0.123 e. The summed E-state index contributed by atoms with van der Waals surface area (Å²) in [6.45, 7) is 0.431. The molecule has 0 amide bonds. The van der Waals surface area contributed by atoms with Crippen molar-refractivity contribution in [2.45, 2.75) is 6.54 Å². The Hall–Kier alpha value is -1.26. The number of aromatic nitrogens is 1. The molecule has 4 heteroatoms. The summed E-state index contributed by atoms with van der Waals surface area (Å²) in [5.41, 5.74) is 7.02. The van der Waals surface area contributed by atoms with E-state index in [-0.39, 0.29) is 5.82 Å². The molecule has 0 fully saturated rings. The van der Waals surface area contributed by atoms with Gasteiger partial charge >= 0.3 is 0 Å². The summed E-state index contributed by atoms with van der Waals surface area (Å²) >= 11 is 1.49. The lowest BCUT2D eigenvalue weighted by Crippen LogP contribution is -1.94. The zero-order valence-electron chi connectivity index (χ0n) is 7.40. The van der Waals surface area contributed by atoms with Crippen molar-refractivity contribution < 1.29 is 4.39 Å². The molecule has 0 aliphatic heterocycles. The third kappa shape index (κ3) is 1.81. The van der Waals surface area contributed by atoms with Crippen molar-refractivity contribution >= 4 is 11.3 Å². The van der Waals surface area contributed by atoms with E-state index in [0.717, 1.165) is 16.3 Å². The number of nitrogens with zero attached hydrogens (tertiary/aromatic N) is 1. The molecule has 0 aliphatic carbocycles. The van der Waals surface area contributed by atoms with Gasteiger partial charge in [0.15, 0.2) is 0 Å². The Morgan fingerprint density at radius 3 is 2.93 bits per heavy atom. The van der Waals surface area contributed by atoms with Crippen molar-refractivity contribution in [1.29, 1.82) is 0 Å². The SMILES string of the molecule is NCc1nc(-c2cccc(F)c2)cs1. The van der Waals surface area contributed by atoms with Crippen molar-refractivity contribution in [2.24, 2.45) is 5.73 Å². The van der Waals surface area contributed by atoms with Gasteiger partial charge < -0.3 is 5.73 Å². The fraction of sp³-hybridized carbons (Fsp3) is 0.100. The van der Waals surface area contributed by atoms with Gasteiger partial charge in [0.2, 0.25) is 0 Å². The van der Waals surface area contributed by atoms with E-state index in [1.807, 2.05) is 11.4 Å². The molecule has 0 saturated heterocycles. The summed E-state index contributed by atoms with van der Waals surface area (Å²) in [5, 5.41) is 2.75. The molecule has 14 heavy (non-hydrogen) atoms. The van der Waals surface area contributed by atoms with Crippen molar-refractivity contribution in [3.8, 4) is 11.3 Å². The fourth-order valence-electron chi connectivity index (χ4n) is 1.19. The Bertz CT molecular complexity index is 439. The molecule has 2 N–H and O–H groups in total. The highest BCUT2D eigenvalue weighted by Crippen LogP contribution is 2.21. The van der Waals surface area contributed by atoms with Crippen molar-refractivity contribution in [2.75, 3.05) is 0 Å². The zero-order valence-corrected chi connectivity index (χ0v) is 8.22. The molecular formula is C10H9FN2S. The number of nitrogens with two attached hydrogens (primary N) is 1. The summed E-state index contributed by atoms with van der Waals surface area (Å²) < 4.78 is 12.9. The number of thiazole rings is 1. The van der Waals surface area contributed by atoms with Crippen LogP contribution in [0.1, 0.15) is 5.01 Å². The summed E-state index contributed by atoms with van der Waals surface area (Å²) in [6.07, 6.45) is 0. The Morgan fingerprint density at radius 1 is 1.43 bits per heavy atom. The smallest absolute Gasteiger partial charge is 0.123 e. The minimum atomic E-state index is -0.246. The molecule has 0 spiro atoms. The van der Waals surface area contributed by atoms with Crippen LogP contribution in [0.5, 0.6) is 0 Å². The van der Waals surface area contributed by atoms with Gasteiger partial charge in [0, 0.05) is 17.5 Å². The van der Waals surface area contributed by atoms with Gasteiger partial charge in [-0.2, -0.15) is 0 Å². The number of halogens is 1. The molecule has 72 valence electrons. The van der Waals surface area contributed by atoms with E-state index in [9.17, 15) is 4.39 Å². The van der Waals surface area contributed by atoms with Gasteiger partial charge in [-0.1, -0.05) is 12.1 Å². The Kier molecular flexibility index (Phi) is 2.56. The molecule has 2 nitrogen and oxygen atoms in total. The lowest BCUT2D eigenvalue weighted by Gasteiger charge is -1.95. The van der Waals surface area contributed by atoms with Gasteiger partial charge in [-0.15, -0.1) is 11.3 Å². The Labute approximate surface area is 85.2 Å². The van der Waals surface area contributed by atoms with Gasteiger partial charge in [0.05, 0.1) is 5.69 Å². The summed E-state index contributed by atoms with van der Waals surface area (Å²) in [4.78, 5) is 4.27. The van der Waals surface area contributed by atoms with E-state index in [0.29, 0.717) is 6.54 Å². The lowest BCUT2D eigenvalue weighted by atomic mass is 10.2. The minimum absolute atomic E-state index is 0.246. The molecule has 2 aromatic rings. The first-order valence-corrected chi connectivity index (χ1v) is 5.08. The Morgan fingerprint density at radius 2 is 2.29 bits per heavy atom. The largest absolute Gasteiger partial charge is 0.325 e. The predicted octanol–water partition coefficient (Wildman–Crippen LogP) is 2.41. The predicted molar refractivity (Wildman–Crippen MR) is 55.4 cm³/mol. The van der Waals surface area contributed by atoms with Crippen molar-refractivity contribution in [3.05, 3.63) is 40.5 Å². The van der Waals surface area contributed by atoms with Crippen LogP contribution in [0.4, 0.5) is 4.39 Å². The summed E-state index contributed by atoms with van der Waals surface area (Å²) in [7, 11) is 0. The highest BCUT2D eigenvalue weighted by atomic mass is 32.1. The van der Waals surface area contributed by atoms with Gasteiger partial charge in [-0.25, -0.2) is 9.37 Å². The normalized spacial score (nSPS) is 10.4. The van der Waals surface area contributed by atoms with Crippen molar-refractivity contribution in [3.63, 3.8) is 0 Å². The molecule has 1 aromatic heterocycles. The van der Waals surface area contributed by atoms with Gasteiger partial charge in [-0.05, 0) is 12.1 Å². The van der Waals surface area contributed by atoms with E-state index in [1.165, 1.54) is 23.5 Å². The standard InChI is InChI=1S/C10H9FN2S/c11-8-3-1-2-7(4-8)9-6-14-10(5-12)13-9/h1-4,6H,5,12H2. The van der Waals surface area contributed by atoms with Gasteiger partial charge in [-0.3, -0.25) is 0 Å². The Balaban J connectivity index is 2.39. The van der Waals surface area contributed by atoms with Crippen LogP contribution in [0, 0.1) is 5.82 Å². The highest BCUT2D eigenvalue weighted by molar-refractivity contribution is 7.09. The van der Waals surface area contributed by atoms with Crippen molar-refractivity contribution in [1.82, 2.24) is 4.98 Å². The van der Waals surface area contributed by atoms with Crippen LogP contribution in [0.3, 0.4) is 0 Å². The van der Waals surface area contributed by atoms with Gasteiger partial charge in [0.1, 0.15) is 10.8 Å². The first-order chi connectivity index (χ1) is 6.79. The van der Waals surface area contributed by atoms with E-state index >= 15 is 0 Å². The van der Waals surface area contributed by atoms with Crippen LogP contribution < -0.4 is 5.73 Å². The van der Waals surface area contributed by atoms with E-state index < -0.39 is 0 Å². The van der Waals surface area contributed by atoms with Gasteiger partial charge in [0.25, 0.3) is 0 Å². The third-order valence-electron chi connectivity index (χ3n) is 1.85. The molecule has 0 atom stereocenters. The molecule has 0 bridgehead atoms. The fourth-order valence-corrected chi connectivity index (χ4v) is 1.87. The highest BCUT2D eigenvalue weighted by Gasteiger charge is 2.03. The molecular weight excluding hydrogens is 199 g/mol. The van der Waals surface area contributed by atoms with Crippen LogP contribution in [0.15, 0.2) is 29.6 Å². The lowest BCUT2D eigenvalue weighted by molar-refractivity contribution is 0.628. The molecule has 0 saturated carbocycles. The zero-order chi connectivity index (χ0) is 9.97. The summed E-state index contributed by atoms with van der Waals surface area (Å²) in [5.74, 6) is -0.246. The van der Waals surface area contributed by atoms with Crippen LogP contribution in [0.25, 0.3) is 11.3 Å². The number of hydrogen-bond acceptors (Lipinski definition) is 3. The third-order valence-corrected chi connectivity index (χ3v) is 2.72. The average Bonchev–Trinajstić information content (AvgIpc) is 2.66. The molecule has 0 radical (unpaired) electrons. The average molecular weight is 208 g/mol. The van der Waals surface area contributed by atoms with E-state index in [4.69, 9.17) is 5.73 Å². The second-order valence-corrected chi connectivity index (χ2v) is 3.78. The molecule has 1 heterocycles. The number of hydrogen-bond donors (Lipinski definition) is 1. The van der Waals surface area contributed by atoms with Crippen LogP contribution in [-0.4, -0.2) is 4.98 Å².